The van der Waals surface area contributed by atoms with Crippen LogP contribution in [0.15, 0.2) is 53.3 Å². The van der Waals surface area contributed by atoms with Crippen LogP contribution in [0.4, 0.5) is 23.7 Å². The second-order valence-corrected chi connectivity index (χ2v) is 11.6. The fraction of sp³-hybridized carbons (Fsp3) is 0.514. The summed E-state index contributed by atoms with van der Waals surface area (Å²) in [6.07, 6.45) is -6.72. The van der Waals surface area contributed by atoms with Gasteiger partial charge in [-0.15, -0.1) is 0 Å². The molecular formula is C35H43F3N2O12. The van der Waals surface area contributed by atoms with Crippen LogP contribution in [0.3, 0.4) is 0 Å². The third-order valence-electron chi connectivity index (χ3n) is 8.06. The van der Waals surface area contributed by atoms with Gasteiger partial charge in [0.25, 0.3) is 5.56 Å². The Morgan fingerprint density at radius 3 is 1.96 bits per heavy atom. The van der Waals surface area contributed by atoms with E-state index in [-0.39, 0.29) is 55.3 Å². The lowest BCUT2D eigenvalue weighted by atomic mass is 9.98. The predicted molar refractivity (Wildman–Crippen MR) is 181 cm³/mol. The van der Waals surface area contributed by atoms with E-state index >= 15 is 0 Å². The van der Waals surface area contributed by atoms with Crippen LogP contribution < -0.4 is 10.5 Å². The van der Waals surface area contributed by atoms with Crippen molar-refractivity contribution < 1.29 is 65.8 Å². The van der Waals surface area contributed by atoms with Crippen LogP contribution in [0.5, 0.6) is 0 Å². The average Bonchev–Trinajstić information content (AvgIpc) is 3.52. The number of anilines is 1. The number of methoxy groups -OCH3 is 1. The lowest BCUT2D eigenvalue weighted by Gasteiger charge is -2.29. The summed E-state index contributed by atoms with van der Waals surface area (Å²) in [5.41, 5.74) is -3.50. The van der Waals surface area contributed by atoms with E-state index in [0.29, 0.717) is 58.2 Å². The smallest absolute Gasteiger partial charge is 0.417 e. The van der Waals surface area contributed by atoms with Crippen LogP contribution in [0, 0.1) is 0 Å². The van der Waals surface area contributed by atoms with Gasteiger partial charge in [0.05, 0.1) is 91.4 Å². The largest absolute Gasteiger partial charge is 0.479 e. The molecule has 0 bridgehead atoms. The van der Waals surface area contributed by atoms with Gasteiger partial charge in [0, 0.05) is 29.4 Å². The number of ether oxygens (including phenoxy) is 8. The maximum Gasteiger partial charge on any atom is 0.417 e. The van der Waals surface area contributed by atoms with Gasteiger partial charge in [0.2, 0.25) is 5.60 Å². The summed E-state index contributed by atoms with van der Waals surface area (Å²) in [7, 11) is 1.61. The lowest BCUT2D eigenvalue weighted by molar-refractivity contribution is -0.178. The number of cyclic esters (lactones) is 1. The Hall–Kier alpha value is -4.10. The van der Waals surface area contributed by atoms with E-state index in [1.807, 2.05) is 0 Å². The summed E-state index contributed by atoms with van der Waals surface area (Å²) < 4.78 is 83.7. The molecule has 2 heterocycles. The highest BCUT2D eigenvalue weighted by molar-refractivity contribution is 5.95. The molecule has 17 heteroatoms. The molecule has 1 aliphatic heterocycles. The van der Waals surface area contributed by atoms with Gasteiger partial charge in [0.15, 0.2) is 6.10 Å². The summed E-state index contributed by atoms with van der Waals surface area (Å²) in [5.74, 6) is -1.36. The number of carboxylic acid groups (broad SMARTS) is 1. The van der Waals surface area contributed by atoms with E-state index in [0.717, 1.165) is 11.0 Å². The molecule has 3 aromatic rings. The zero-order chi connectivity index (χ0) is 37.6. The number of fused-ring (bicyclic) bond motifs is 1. The summed E-state index contributed by atoms with van der Waals surface area (Å²) in [5, 5.41) is 10.4. The first-order valence-electron chi connectivity index (χ1n) is 16.5. The molecule has 14 nitrogen and oxygen atoms in total. The maximum absolute atomic E-state index is 13.6. The maximum atomic E-state index is 13.6. The van der Waals surface area contributed by atoms with Gasteiger partial charge < -0.3 is 48.0 Å². The van der Waals surface area contributed by atoms with Crippen LogP contribution in [0.2, 0.25) is 0 Å². The number of H-pyrrole nitrogens is 1. The fourth-order valence-electron chi connectivity index (χ4n) is 5.22. The predicted octanol–water partition coefficient (Wildman–Crippen LogP) is 4.13. The van der Waals surface area contributed by atoms with Gasteiger partial charge in [-0.1, -0.05) is 24.3 Å². The van der Waals surface area contributed by atoms with Crippen LogP contribution in [0.25, 0.3) is 22.0 Å². The van der Waals surface area contributed by atoms with E-state index in [4.69, 9.17) is 37.9 Å². The fourth-order valence-corrected chi connectivity index (χ4v) is 5.22. The van der Waals surface area contributed by atoms with Gasteiger partial charge in [-0.2, -0.15) is 13.2 Å². The number of nitrogens with one attached hydrogen (secondary N) is 1. The number of aliphatic carboxylic acids is 1. The second-order valence-electron chi connectivity index (χ2n) is 11.6. The number of alkyl halides is 3. The molecule has 0 radical (unpaired) electrons. The first kappa shape index (κ1) is 40.7. The minimum atomic E-state index is -4.64. The Bertz CT molecular complexity index is 1670. The third kappa shape index (κ3) is 11.2. The summed E-state index contributed by atoms with van der Waals surface area (Å²) >= 11 is 0. The normalized spacial score (nSPS) is 16.0. The lowest BCUT2D eigenvalue weighted by Crippen LogP contribution is -2.51. The van der Waals surface area contributed by atoms with Gasteiger partial charge in [-0.25, -0.2) is 9.59 Å². The standard InChI is InChI=1S/C35H43F3N2O12/c1-34(32(42)43,51-20-19-50-18-17-49-16-15-48-14-13-47-12-11-46-10-9-45-2)30-23-40(33(44)52-30)25-8-7-24-21-29(39-31(41)27(24)22-25)26-5-3-4-6-28(26)35(36,37)38/h3-8,21-22,30H,9-20,23H2,1-2H3,(H,39,41)(H,42,43)/t30?,34-/m0/s1. The van der Waals surface area contributed by atoms with Crippen LogP contribution in [-0.2, 0) is 48.9 Å². The SMILES string of the molecule is COCCOCCOCCOCCOCCOCCO[C@](C)(C(=O)O)C1CN(c2ccc3cc(-c4ccccc4C(F)(F)F)[nH]c(=O)c3c2)C(=O)O1. The molecule has 1 fully saturated rings. The average molecular weight is 741 g/mol. The number of halogens is 3. The van der Waals surface area contributed by atoms with E-state index in [2.05, 4.69) is 4.98 Å². The molecule has 0 spiro atoms. The van der Waals surface area contributed by atoms with Crippen molar-refractivity contribution in [2.45, 2.75) is 24.8 Å². The number of pyridine rings is 1. The second kappa shape index (κ2) is 19.7. The van der Waals surface area contributed by atoms with E-state index in [1.165, 1.54) is 49.4 Å². The molecule has 286 valence electrons. The molecule has 2 atom stereocenters. The Morgan fingerprint density at radius 2 is 1.40 bits per heavy atom. The van der Waals surface area contributed by atoms with Gasteiger partial charge >= 0.3 is 18.2 Å². The number of benzene rings is 2. The highest BCUT2D eigenvalue weighted by atomic mass is 19.4. The molecule has 0 saturated carbocycles. The highest BCUT2D eigenvalue weighted by Crippen LogP contribution is 2.37. The van der Waals surface area contributed by atoms with E-state index in [9.17, 15) is 32.7 Å². The van der Waals surface area contributed by atoms with Crippen molar-refractivity contribution in [1.82, 2.24) is 4.98 Å². The zero-order valence-electron chi connectivity index (χ0n) is 28.9. The van der Waals surface area contributed by atoms with Gasteiger partial charge in [-0.3, -0.25) is 9.69 Å². The van der Waals surface area contributed by atoms with Crippen molar-refractivity contribution in [3.8, 4) is 11.3 Å². The zero-order valence-corrected chi connectivity index (χ0v) is 28.9. The summed E-state index contributed by atoms with van der Waals surface area (Å²) in [6.45, 7) is 5.09. The first-order chi connectivity index (χ1) is 25.0. The van der Waals surface area contributed by atoms with Crippen molar-refractivity contribution >= 4 is 28.5 Å². The molecule has 52 heavy (non-hydrogen) atoms. The quantitative estimate of drug-likeness (QED) is 0.134. The Morgan fingerprint density at radius 1 is 0.846 bits per heavy atom. The molecule has 2 aromatic carbocycles. The van der Waals surface area contributed by atoms with E-state index < -0.39 is 41.1 Å². The molecule has 0 aliphatic carbocycles. The highest BCUT2D eigenvalue weighted by Gasteiger charge is 2.51. The summed E-state index contributed by atoms with van der Waals surface area (Å²) in [4.78, 5) is 41.9. The number of hydrogen-bond acceptors (Lipinski definition) is 11. The molecule has 1 unspecified atom stereocenters. The minimum Gasteiger partial charge on any atom is -0.479 e. The number of aromatic nitrogens is 1. The van der Waals surface area contributed by atoms with Gasteiger partial charge in [-0.05, 0) is 36.6 Å². The van der Waals surface area contributed by atoms with Crippen molar-refractivity contribution in [3.63, 3.8) is 0 Å². The minimum absolute atomic E-state index is 0.0240. The van der Waals surface area contributed by atoms with Crippen LogP contribution in [0.1, 0.15) is 12.5 Å². The Balaban J connectivity index is 1.21. The molecule has 1 aliphatic rings. The molecule has 4 rings (SSSR count). The number of carboxylic acids is 1. The van der Waals surface area contributed by atoms with Crippen molar-refractivity contribution in [2.75, 3.05) is 97.8 Å². The number of nitrogens with zero attached hydrogens (tertiary/aromatic N) is 1. The Labute approximate surface area is 297 Å². The number of hydrogen-bond donors (Lipinski definition) is 2. The number of rotatable bonds is 23. The Kier molecular flexibility index (Phi) is 15.4. The number of amides is 1. The first-order valence-corrected chi connectivity index (χ1v) is 16.5. The molecule has 2 N–H and O–H groups in total. The molecular weight excluding hydrogens is 697 g/mol. The molecule has 1 saturated heterocycles. The number of aromatic amines is 1. The topological polar surface area (TPSA) is 164 Å². The number of carbonyl (C=O) groups is 2. The monoisotopic (exact) mass is 740 g/mol. The van der Waals surface area contributed by atoms with Crippen molar-refractivity contribution in [2.24, 2.45) is 0 Å². The van der Waals surface area contributed by atoms with Crippen LogP contribution >= 0.6 is 0 Å². The van der Waals surface area contributed by atoms with Crippen molar-refractivity contribution in [3.05, 3.63) is 64.4 Å². The third-order valence-corrected chi connectivity index (χ3v) is 8.06. The van der Waals surface area contributed by atoms with E-state index in [1.54, 1.807) is 7.11 Å². The van der Waals surface area contributed by atoms with Crippen molar-refractivity contribution in [1.29, 1.82) is 0 Å². The molecule has 1 aromatic heterocycles. The molecule has 1 amide bonds. The summed E-state index contributed by atoms with van der Waals surface area (Å²) in [6, 6.07) is 10.7. The number of carbonyl (C=O) groups excluding carboxylic acids is 1. The van der Waals surface area contributed by atoms with Gasteiger partial charge in [0.1, 0.15) is 0 Å². The van der Waals surface area contributed by atoms with Crippen LogP contribution in [-0.4, -0.2) is 127 Å².